The summed E-state index contributed by atoms with van der Waals surface area (Å²) in [6.45, 7) is 0.587. The summed E-state index contributed by atoms with van der Waals surface area (Å²) < 4.78 is 13.2. The lowest BCUT2D eigenvalue weighted by molar-refractivity contribution is 0.609. The van der Waals surface area contributed by atoms with Crippen molar-refractivity contribution in [2.45, 2.75) is 19.3 Å². The van der Waals surface area contributed by atoms with E-state index in [1.807, 2.05) is 6.07 Å². The van der Waals surface area contributed by atoms with E-state index in [-0.39, 0.29) is 5.82 Å². The highest BCUT2D eigenvalue weighted by Crippen LogP contribution is 2.28. The molecule has 0 amide bonds. The van der Waals surface area contributed by atoms with E-state index in [2.05, 4.69) is 4.99 Å². The van der Waals surface area contributed by atoms with Crippen LogP contribution in [-0.4, -0.2) is 12.4 Å². The van der Waals surface area contributed by atoms with Gasteiger partial charge in [-0.15, -0.1) is 0 Å². The number of hydrogen-bond donors (Lipinski definition) is 1. The SMILES string of the molecule is NC(=NCCc1ccccc1F)C1CC1. The van der Waals surface area contributed by atoms with Gasteiger partial charge in [0.1, 0.15) is 5.82 Å². The number of halogens is 1. The average molecular weight is 206 g/mol. The Labute approximate surface area is 89.0 Å². The number of nitrogens with two attached hydrogens (primary N) is 1. The van der Waals surface area contributed by atoms with Crippen LogP contribution in [0.1, 0.15) is 18.4 Å². The number of aliphatic imine (C=N–C) groups is 1. The zero-order valence-corrected chi connectivity index (χ0v) is 8.62. The van der Waals surface area contributed by atoms with Gasteiger partial charge in [-0.1, -0.05) is 18.2 Å². The monoisotopic (exact) mass is 206 g/mol. The molecule has 1 aromatic carbocycles. The van der Waals surface area contributed by atoms with Crippen LogP contribution in [-0.2, 0) is 6.42 Å². The molecule has 80 valence electrons. The van der Waals surface area contributed by atoms with E-state index in [0.29, 0.717) is 24.4 Å². The molecule has 1 aliphatic carbocycles. The molecule has 3 heteroatoms. The zero-order chi connectivity index (χ0) is 10.7. The van der Waals surface area contributed by atoms with Crippen LogP contribution in [0.2, 0.25) is 0 Å². The molecule has 0 aromatic heterocycles. The van der Waals surface area contributed by atoms with Gasteiger partial charge in [0, 0.05) is 12.5 Å². The van der Waals surface area contributed by atoms with Gasteiger partial charge in [0.25, 0.3) is 0 Å². The quantitative estimate of drug-likeness (QED) is 0.595. The van der Waals surface area contributed by atoms with Gasteiger partial charge in [-0.3, -0.25) is 4.99 Å². The molecule has 0 spiro atoms. The molecule has 1 fully saturated rings. The Balaban J connectivity index is 1.87. The highest BCUT2D eigenvalue weighted by atomic mass is 19.1. The molecule has 0 bridgehead atoms. The molecule has 0 aliphatic heterocycles. The van der Waals surface area contributed by atoms with Gasteiger partial charge in [0.05, 0.1) is 5.84 Å². The van der Waals surface area contributed by atoms with Gasteiger partial charge >= 0.3 is 0 Å². The summed E-state index contributed by atoms with van der Waals surface area (Å²) in [6.07, 6.45) is 2.95. The van der Waals surface area contributed by atoms with Crippen LogP contribution in [0.5, 0.6) is 0 Å². The van der Waals surface area contributed by atoms with Crippen molar-refractivity contribution in [1.29, 1.82) is 0 Å². The van der Waals surface area contributed by atoms with E-state index in [1.54, 1.807) is 12.1 Å². The molecule has 1 saturated carbocycles. The molecule has 1 aromatic rings. The van der Waals surface area contributed by atoms with Crippen molar-refractivity contribution in [3.8, 4) is 0 Å². The summed E-state index contributed by atoms with van der Waals surface area (Å²) in [5.41, 5.74) is 6.45. The predicted octanol–water partition coefficient (Wildman–Crippen LogP) is 2.14. The second-order valence-corrected chi connectivity index (χ2v) is 3.92. The highest BCUT2D eigenvalue weighted by molar-refractivity contribution is 5.84. The largest absolute Gasteiger partial charge is 0.387 e. The van der Waals surface area contributed by atoms with E-state index in [4.69, 9.17) is 5.73 Å². The third-order valence-electron chi connectivity index (χ3n) is 2.63. The van der Waals surface area contributed by atoms with Crippen LogP contribution in [0, 0.1) is 11.7 Å². The molecule has 15 heavy (non-hydrogen) atoms. The van der Waals surface area contributed by atoms with Crippen molar-refractivity contribution in [1.82, 2.24) is 0 Å². The Bertz CT molecular complexity index is 370. The third kappa shape index (κ3) is 2.78. The van der Waals surface area contributed by atoms with E-state index in [9.17, 15) is 4.39 Å². The first-order chi connectivity index (χ1) is 7.27. The number of hydrogen-bond acceptors (Lipinski definition) is 1. The summed E-state index contributed by atoms with van der Waals surface area (Å²) in [6, 6.07) is 6.80. The van der Waals surface area contributed by atoms with Gasteiger partial charge in [0.2, 0.25) is 0 Å². The normalized spacial score (nSPS) is 16.7. The molecule has 0 heterocycles. The summed E-state index contributed by atoms with van der Waals surface area (Å²) in [5, 5.41) is 0. The molecule has 0 radical (unpaired) electrons. The van der Waals surface area contributed by atoms with Gasteiger partial charge in [-0.05, 0) is 30.9 Å². The fourth-order valence-electron chi connectivity index (χ4n) is 1.51. The Kier molecular flexibility index (Phi) is 2.99. The number of rotatable bonds is 4. The van der Waals surface area contributed by atoms with Crippen LogP contribution in [0.15, 0.2) is 29.3 Å². The summed E-state index contributed by atoms with van der Waals surface area (Å²) in [5.74, 6) is 1.09. The molecule has 0 unspecified atom stereocenters. The summed E-state index contributed by atoms with van der Waals surface area (Å²) >= 11 is 0. The predicted molar refractivity (Wildman–Crippen MR) is 59.3 cm³/mol. The lowest BCUT2D eigenvalue weighted by atomic mass is 10.1. The second kappa shape index (κ2) is 4.43. The molecule has 2 nitrogen and oxygen atoms in total. The molecule has 2 N–H and O–H groups in total. The van der Waals surface area contributed by atoms with Crippen molar-refractivity contribution in [2.75, 3.05) is 6.54 Å². The molecular weight excluding hydrogens is 191 g/mol. The van der Waals surface area contributed by atoms with Crippen molar-refractivity contribution >= 4 is 5.84 Å². The molecule has 0 atom stereocenters. The fraction of sp³-hybridized carbons (Fsp3) is 0.417. The van der Waals surface area contributed by atoms with Gasteiger partial charge in [-0.25, -0.2) is 4.39 Å². The highest BCUT2D eigenvalue weighted by Gasteiger charge is 2.24. The maximum Gasteiger partial charge on any atom is 0.126 e. The zero-order valence-electron chi connectivity index (χ0n) is 8.62. The van der Waals surface area contributed by atoms with E-state index in [1.165, 1.54) is 6.07 Å². The molecular formula is C12H15FN2. The fourth-order valence-corrected chi connectivity index (χ4v) is 1.51. The number of amidine groups is 1. The van der Waals surface area contributed by atoms with Crippen LogP contribution in [0.25, 0.3) is 0 Å². The first-order valence-corrected chi connectivity index (χ1v) is 5.30. The Morgan fingerprint density at radius 3 is 2.80 bits per heavy atom. The van der Waals surface area contributed by atoms with Crippen LogP contribution >= 0.6 is 0 Å². The minimum atomic E-state index is -0.155. The van der Waals surface area contributed by atoms with E-state index in [0.717, 1.165) is 18.7 Å². The summed E-state index contributed by atoms with van der Waals surface area (Å²) in [4.78, 5) is 4.25. The van der Waals surface area contributed by atoms with Gasteiger partial charge in [0.15, 0.2) is 0 Å². The van der Waals surface area contributed by atoms with Crippen LogP contribution in [0.3, 0.4) is 0 Å². The van der Waals surface area contributed by atoms with E-state index >= 15 is 0 Å². The van der Waals surface area contributed by atoms with Crippen molar-refractivity contribution in [3.63, 3.8) is 0 Å². The minimum absolute atomic E-state index is 0.155. The van der Waals surface area contributed by atoms with Crippen LogP contribution in [0.4, 0.5) is 4.39 Å². The van der Waals surface area contributed by atoms with E-state index < -0.39 is 0 Å². The molecule has 2 rings (SSSR count). The standard InChI is InChI=1S/C12H15FN2/c13-11-4-2-1-3-9(11)7-8-15-12(14)10-5-6-10/h1-4,10H,5-8H2,(H2,14,15). The smallest absolute Gasteiger partial charge is 0.126 e. The second-order valence-electron chi connectivity index (χ2n) is 3.92. The Morgan fingerprint density at radius 2 is 2.13 bits per heavy atom. The van der Waals surface area contributed by atoms with Crippen molar-refractivity contribution < 1.29 is 4.39 Å². The molecule has 1 aliphatic rings. The maximum atomic E-state index is 13.2. The number of nitrogens with zero attached hydrogens (tertiary/aromatic N) is 1. The first kappa shape index (κ1) is 10.1. The van der Waals surface area contributed by atoms with Gasteiger partial charge < -0.3 is 5.73 Å². The van der Waals surface area contributed by atoms with Crippen molar-refractivity contribution in [3.05, 3.63) is 35.6 Å². The van der Waals surface area contributed by atoms with Crippen molar-refractivity contribution in [2.24, 2.45) is 16.6 Å². The number of benzene rings is 1. The maximum absolute atomic E-state index is 13.2. The Hall–Kier alpha value is -1.38. The lowest BCUT2D eigenvalue weighted by Crippen LogP contribution is -2.14. The minimum Gasteiger partial charge on any atom is -0.387 e. The van der Waals surface area contributed by atoms with Crippen LogP contribution < -0.4 is 5.73 Å². The van der Waals surface area contributed by atoms with Gasteiger partial charge in [-0.2, -0.15) is 0 Å². The Morgan fingerprint density at radius 1 is 1.40 bits per heavy atom. The first-order valence-electron chi connectivity index (χ1n) is 5.30. The lowest BCUT2D eigenvalue weighted by Gasteiger charge is -2.01. The average Bonchev–Trinajstić information content (AvgIpc) is 3.04. The topological polar surface area (TPSA) is 38.4 Å². The molecule has 0 saturated heterocycles. The summed E-state index contributed by atoms with van der Waals surface area (Å²) in [7, 11) is 0. The third-order valence-corrected chi connectivity index (χ3v) is 2.63.